The van der Waals surface area contributed by atoms with Crippen LogP contribution in [0.15, 0.2) is 41.1 Å². The van der Waals surface area contributed by atoms with Crippen molar-refractivity contribution < 1.29 is 14.3 Å². The molecule has 1 aromatic carbocycles. The first-order valence-electron chi connectivity index (χ1n) is 8.00. The van der Waals surface area contributed by atoms with Crippen LogP contribution >= 0.6 is 11.9 Å². The van der Waals surface area contributed by atoms with Crippen LogP contribution in [0.2, 0.25) is 0 Å². The fourth-order valence-electron chi connectivity index (χ4n) is 2.61. The van der Waals surface area contributed by atoms with Gasteiger partial charge in [0.05, 0.1) is 17.6 Å². The van der Waals surface area contributed by atoms with Crippen LogP contribution in [0.1, 0.15) is 12.5 Å². The summed E-state index contributed by atoms with van der Waals surface area (Å²) in [6.07, 6.45) is 1.59. The van der Waals surface area contributed by atoms with Crippen LogP contribution in [-0.2, 0) is 4.79 Å². The van der Waals surface area contributed by atoms with E-state index >= 15 is 0 Å². The Morgan fingerprint density at radius 3 is 2.50 bits per heavy atom. The summed E-state index contributed by atoms with van der Waals surface area (Å²) in [7, 11) is 0. The van der Waals surface area contributed by atoms with E-state index in [-0.39, 0.29) is 10.8 Å². The Morgan fingerprint density at radius 2 is 1.92 bits per heavy atom. The maximum atomic E-state index is 12.1. The molecule has 26 heavy (non-hydrogen) atoms. The van der Waals surface area contributed by atoms with Crippen molar-refractivity contribution >= 4 is 23.5 Å². The summed E-state index contributed by atoms with van der Waals surface area (Å²) in [6, 6.07) is 7.48. The zero-order valence-corrected chi connectivity index (χ0v) is 15.4. The molecule has 1 amide bonds. The highest BCUT2D eigenvalue weighted by Crippen LogP contribution is 2.36. The van der Waals surface area contributed by atoms with Crippen LogP contribution in [0.4, 0.5) is 5.69 Å². The van der Waals surface area contributed by atoms with Crippen molar-refractivity contribution in [2.45, 2.75) is 13.8 Å². The van der Waals surface area contributed by atoms with Gasteiger partial charge in [0.25, 0.3) is 5.91 Å². The van der Waals surface area contributed by atoms with E-state index in [1.807, 2.05) is 25.1 Å². The predicted molar refractivity (Wildman–Crippen MR) is 103 cm³/mol. The second-order valence-corrected chi connectivity index (χ2v) is 6.47. The minimum Gasteiger partial charge on any atom is -0.486 e. The number of anilines is 1. The number of carbonyl (C=O) groups excluding carboxylic acids is 1. The van der Waals surface area contributed by atoms with Crippen molar-refractivity contribution in [1.82, 2.24) is 4.98 Å². The second-order valence-electron chi connectivity index (χ2n) is 5.83. The second kappa shape index (κ2) is 7.67. The number of hydrogen-bond acceptors (Lipinski definition) is 7. The Hall–Kier alpha value is -2.71. The first-order valence-corrected chi connectivity index (χ1v) is 8.88. The zero-order chi connectivity index (χ0) is 18.7. The maximum absolute atomic E-state index is 12.1. The van der Waals surface area contributed by atoms with E-state index in [1.165, 1.54) is 0 Å². The Bertz CT molecular complexity index is 861. The number of nitrogens with two attached hydrogens (primary N) is 2. The van der Waals surface area contributed by atoms with Gasteiger partial charge in [-0.15, -0.1) is 0 Å². The van der Waals surface area contributed by atoms with Crippen molar-refractivity contribution in [2.24, 2.45) is 10.9 Å². The van der Waals surface area contributed by atoms with Gasteiger partial charge in [-0.25, -0.2) is 0 Å². The van der Waals surface area contributed by atoms with E-state index < -0.39 is 0 Å². The lowest BCUT2D eigenvalue weighted by Gasteiger charge is -2.20. The third-order valence-corrected chi connectivity index (χ3v) is 4.61. The smallest absolute Gasteiger partial charge is 0.265 e. The minimum absolute atomic E-state index is 0.275. The number of benzene rings is 1. The summed E-state index contributed by atoms with van der Waals surface area (Å²) >= 11 is 0.817. The lowest BCUT2D eigenvalue weighted by atomic mass is 10.0. The summed E-state index contributed by atoms with van der Waals surface area (Å²) in [5.74, 6) is 1.10. The molecule has 2 aromatic rings. The Balaban J connectivity index is 1.82. The number of aryl methyl sites for hydroxylation is 1. The topological polar surface area (TPSA) is 112 Å². The number of fused-ring (bicyclic) bond motifs is 1. The van der Waals surface area contributed by atoms with E-state index in [4.69, 9.17) is 20.3 Å². The van der Waals surface area contributed by atoms with Crippen LogP contribution in [0.3, 0.4) is 0 Å². The number of ether oxygens (including phenoxy) is 2. The van der Waals surface area contributed by atoms with Crippen LogP contribution in [0.5, 0.6) is 11.5 Å². The van der Waals surface area contributed by atoms with Gasteiger partial charge in [0.2, 0.25) is 0 Å². The predicted octanol–water partition coefficient (Wildman–Crippen LogP) is 2.56. The Labute approximate surface area is 155 Å². The quantitative estimate of drug-likeness (QED) is 0.558. The summed E-state index contributed by atoms with van der Waals surface area (Å²) in [5.41, 5.74) is 9.33. The number of pyridine rings is 1. The molecule has 0 unspecified atom stereocenters. The molecule has 1 aliphatic heterocycles. The van der Waals surface area contributed by atoms with E-state index in [0.717, 1.165) is 34.5 Å². The van der Waals surface area contributed by atoms with Gasteiger partial charge in [0.1, 0.15) is 18.1 Å². The lowest BCUT2D eigenvalue weighted by molar-refractivity contribution is -0.112. The average Bonchev–Trinajstić information content (AvgIpc) is 2.62. The monoisotopic (exact) mass is 372 g/mol. The molecule has 0 saturated heterocycles. The fourth-order valence-corrected chi connectivity index (χ4v) is 2.95. The molecule has 0 fully saturated rings. The summed E-state index contributed by atoms with van der Waals surface area (Å²) < 4.78 is 11.2. The van der Waals surface area contributed by atoms with Crippen LogP contribution in [0, 0.1) is 6.92 Å². The number of allylic oxidation sites excluding steroid dienone is 1. The lowest BCUT2D eigenvalue weighted by Crippen LogP contribution is -2.17. The fraction of sp³-hybridized carbons (Fsp3) is 0.222. The van der Waals surface area contributed by atoms with Crippen molar-refractivity contribution in [3.8, 4) is 22.8 Å². The SMILES string of the molecule is C/C(N)=C(/SN)C(=O)Nc1ccc(-c2cc3c(cc2C)OCCO3)nc1. The number of nitrogens with one attached hydrogen (secondary N) is 1. The molecule has 0 bridgehead atoms. The van der Waals surface area contributed by atoms with E-state index in [9.17, 15) is 4.79 Å². The molecule has 136 valence electrons. The van der Waals surface area contributed by atoms with Crippen molar-refractivity contribution in [3.63, 3.8) is 0 Å². The summed E-state index contributed by atoms with van der Waals surface area (Å²) in [5, 5.41) is 8.21. The maximum Gasteiger partial charge on any atom is 0.265 e. The van der Waals surface area contributed by atoms with E-state index in [1.54, 1.807) is 19.2 Å². The normalized spacial score (nSPS) is 13.8. The van der Waals surface area contributed by atoms with Gasteiger partial charge >= 0.3 is 0 Å². The molecule has 7 nitrogen and oxygen atoms in total. The number of rotatable bonds is 4. The van der Waals surface area contributed by atoms with Gasteiger partial charge in [-0.3, -0.25) is 14.9 Å². The molecule has 1 aromatic heterocycles. The van der Waals surface area contributed by atoms with Crippen LogP contribution in [0.25, 0.3) is 11.3 Å². The molecule has 1 aliphatic rings. The average molecular weight is 372 g/mol. The van der Waals surface area contributed by atoms with Crippen molar-refractivity contribution in [3.05, 3.63) is 46.6 Å². The van der Waals surface area contributed by atoms with Gasteiger partial charge in [0.15, 0.2) is 11.5 Å². The summed E-state index contributed by atoms with van der Waals surface area (Å²) in [6.45, 7) is 4.70. The zero-order valence-electron chi connectivity index (χ0n) is 14.5. The Kier molecular flexibility index (Phi) is 5.34. The third-order valence-electron chi connectivity index (χ3n) is 3.87. The molecule has 0 saturated carbocycles. The van der Waals surface area contributed by atoms with Gasteiger partial charge < -0.3 is 20.5 Å². The molecule has 2 heterocycles. The van der Waals surface area contributed by atoms with Gasteiger partial charge in [-0.1, -0.05) is 0 Å². The standard InChI is InChI=1S/C18H20N4O3S/c1-10-7-15-16(25-6-5-24-15)8-13(10)14-4-3-12(9-21-14)22-18(23)17(26-20)11(2)19/h3-4,7-9H,5-6,19-20H2,1-2H3,(H,22,23)/b17-11-. The highest BCUT2D eigenvalue weighted by Gasteiger charge is 2.16. The Morgan fingerprint density at radius 1 is 1.23 bits per heavy atom. The molecule has 3 rings (SSSR count). The number of nitrogens with zero attached hydrogens (tertiary/aromatic N) is 1. The van der Waals surface area contributed by atoms with Crippen molar-refractivity contribution in [2.75, 3.05) is 18.5 Å². The summed E-state index contributed by atoms with van der Waals surface area (Å²) in [4.78, 5) is 16.9. The molecular weight excluding hydrogens is 352 g/mol. The number of aromatic nitrogens is 1. The van der Waals surface area contributed by atoms with Crippen LogP contribution < -0.4 is 25.7 Å². The number of hydrogen-bond donors (Lipinski definition) is 3. The first kappa shape index (κ1) is 18.1. The molecule has 0 atom stereocenters. The van der Waals surface area contributed by atoms with E-state index in [2.05, 4.69) is 10.3 Å². The number of carbonyl (C=O) groups is 1. The highest BCUT2D eigenvalue weighted by atomic mass is 32.2. The largest absolute Gasteiger partial charge is 0.486 e. The van der Waals surface area contributed by atoms with Gasteiger partial charge in [0, 0.05) is 11.3 Å². The van der Waals surface area contributed by atoms with Crippen molar-refractivity contribution in [1.29, 1.82) is 0 Å². The number of amides is 1. The molecule has 8 heteroatoms. The molecular formula is C18H20N4O3S. The highest BCUT2D eigenvalue weighted by molar-refractivity contribution is 8.01. The molecule has 0 radical (unpaired) electrons. The first-order chi connectivity index (χ1) is 12.5. The van der Waals surface area contributed by atoms with Gasteiger partial charge in [-0.2, -0.15) is 0 Å². The van der Waals surface area contributed by atoms with Crippen LogP contribution in [-0.4, -0.2) is 24.1 Å². The minimum atomic E-state index is -0.359. The van der Waals surface area contributed by atoms with E-state index in [0.29, 0.717) is 30.3 Å². The van der Waals surface area contributed by atoms with Gasteiger partial charge in [-0.05, 0) is 55.6 Å². The molecule has 0 spiro atoms. The molecule has 5 N–H and O–H groups in total. The molecule has 0 aliphatic carbocycles. The third kappa shape index (κ3) is 3.76.